The van der Waals surface area contributed by atoms with Gasteiger partial charge in [0.25, 0.3) is 0 Å². The van der Waals surface area contributed by atoms with Crippen LogP contribution in [0.1, 0.15) is 11.1 Å². The van der Waals surface area contributed by atoms with E-state index in [2.05, 4.69) is 4.90 Å². The van der Waals surface area contributed by atoms with Gasteiger partial charge in [-0.05, 0) is 23.3 Å². The number of hydrogen-bond acceptors (Lipinski definition) is 4. The second-order valence-electron chi connectivity index (χ2n) is 4.55. The Hall–Kier alpha value is -1.01. The maximum absolute atomic E-state index is 13.4. The third kappa shape index (κ3) is 3.26. The fourth-order valence-electron chi connectivity index (χ4n) is 2.23. The number of morpholine rings is 1. The minimum Gasteiger partial charge on any atom is -0.395 e. The molecule has 1 aliphatic heterocycles. The van der Waals surface area contributed by atoms with Crippen molar-refractivity contribution in [3.05, 3.63) is 35.1 Å². The first kappa shape index (κ1) is 13.4. The second-order valence-corrected chi connectivity index (χ2v) is 4.55. The largest absolute Gasteiger partial charge is 0.395 e. The fraction of sp³-hybridized carbons (Fsp3) is 0.538. The molecule has 0 saturated carbocycles. The van der Waals surface area contributed by atoms with Crippen LogP contribution in [0.3, 0.4) is 0 Å². The van der Waals surface area contributed by atoms with Crippen LogP contribution in [-0.4, -0.2) is 42.4 Å². The van der Waals surface area contributed by atoms with Gasteiger partial charge in [0, 0.05) is 19.6 Å². The predicted octanol–water partition coefficient (Wildman–Crippen LogP) is 0.477. The van der Waals surface area contributed by atoms with Gasteiger partial charge < -0.3 is 15.6 Å². The Kier molecular flexibility index (Phi) is 4.66. The van der Waals surface area contributed by atoms with Crippen molar-refractivity contribution in [1.29, 1.82) is 0 Å². The lowest BCUT2D eigenvalue weighted by Crippen LogP contribution is -2.46. The Balaban J connectivity index is 2.09. The van der Waals surface area contributed by atoms with Gasteiger partial charge in [-0.25, -0.2) is 4.39 Å². The van der Waals surface area contributed by atoms with Crippen LogP contribution in [0.25, 0.3) is 0 Å². The van der Waals surface area contributed by atoms with E-state index in [-0.39, 0.29) is 18.5 Å². The average Bonchev–Trinajstić information content (AvgIpc) is 2.38. The predicted molar refractivity (Wildman–Crippen MR) is 66.4 cm³/mol. The molecule has 0 radical (unpaired) electrons. The van der Waals surface area contributed by atoms with Crippen molar-refractivity contribution >= 4 is 0 Å². The van der Waals surface area contributed by atoms with Gasteiger partial charge in [0.05, 0.1) is 25.9 Å². The average molecular weight is 254 g/mol. The van der Waals surface area contributed by atoms with Crippen molar-refractivity contribution in [2.75, 3.05) is 26.4 Å². The van der Waals surface area contributed by atoms with Gasteiger partial charge in [-0.3, -0.25) is 4.90 Å². The van der Waals surface area contributed by atoms with Crippen LogP contribution < -0.4 is 5.73 Å². The van der Waals surface area contributed by atoms with Gasteiger partial charge in [0.1, 0.15) is 5.82 Å². The van der Waals surface area contributed by atoms with E-state index in [1.165, 1.54) is 12.1 Å². The summed E-state index contributed by atoms with van der Waals surface area (Å²) in [5, 5.41) is 9.28. The van der Waals surface area contributed by atoms with Crippen molar-refractivity contribution in [3.63, 3.8) is 0 Å². The molecule has 1 unspecified atom stereocenters. The molecule has 18 heavy (non-hydrogen) atoms. The minimum atomic E-state index is -0.262. The van der Waals surface area contributed by atoms with Crippen LogP contribution in [0.5, 0.6) is 0 Å². The van der Waals surface area contributed by atoms with E-state index in [0.717, 1.165) is 17.7 Å². The third-order valence-electron chi connectivity index (χ3n) is 3.20. The summed E-state index contributed by atoms with van der Waals surface area (Å²) in [5.74, 6) is -0.262. The summed E-state index contributed by atoms with van der Waals surface area (Å²) >= 11 is 0. The van der Waals surface area contributed by atoms with Crippen molar-refractivity contribution in [2.45, 2.75) is 19.1 Å². The standard InChI is InChI=1S/C13H19FN2O2/c14-12-4-10(6-15)3-11(5-12)7-16-1-2-18-9-13(16)8-17/h3-5,13,17H,1-2,6-9,15H2. The van der Waals surface area contributed by atoms with Gasteiger partial charge in [0.15, 0.2) is 0 Å². The number of aliphatic hydroxyl groups is 1. The monoisotopic (exact) mass is 254 g/mol. The van der Waals surface area contributed by atoms with Crippen molar-refractivity contribution in [1.82, 2.24) is 4.90 Å². The summed E-state index contributed by atoms with van der Waals surface area (Å²) in [6.07, 6.45) is 0. The summed E-state index contributed by atoms with van der Waals surface area (Å²) in [7, 11) is 0. The molecule has 2 rings (SSSR count). The number of ether oxygens (including phenoxy) is 1. The molecule has 3 N–H and O–H groups in total. The summed E-state index contributed by atoms with van der Waals surface area (Å²) in [4.78, 5) is 2.11. The van der Waals surface area contributed by atoms with E-state index in [1.807, 2.05) is 6.07 Å². The van der Waals surface area contributed by atoms with Crippen LogP contribution in [0.4, 0.5) is 4.39 Å². The molecular formula is C13H19FN2O2. The lowest BCUT2D eigenvalue weighted by molar-refractivity contribution is -0.0312. The number of benzene rings is 1. The highest BCUT2D eigenvalue weighted by Crippen LogP contribution is 2.15. The quantitative estimate of drug-likeness (QED) is 0.820. The smallest absolute Gasteiger partial charge is 0.123 e. The minimum absolute atomic E-state index is 0.0108. The third-order valence-corrected chi connectivity index (χ3v) is 3.20. The van der Waals surface area contributed by atoms with E-state index in [9.17, 15) is 9.50 Å². The van der Waals surface area contributed by atoms with E-state index in [0.29, 0.717) is 26.3 Å². The Labute approximate surface area is 106 Å². The molecular weight excluding hydrogens is 235 g/mol. The van der Waals surface area contributed by atoms with E-state index in [1.54, 1.807) is 0 Å². The van der Waals surface area contributed by atoms with Crippen LogP contribution >= 0.6 is 0 Å². The second kappa shape index (κ2) is 6.24. The van der Waals surface area contributed by atoms with Gasteiger partial charge >= 0.3 is 0 Å². The maximum Gasteiger partial charge on any atom is 0.123 e. The molecule has 0 spiro atoms. The van der Waals surface area contributed by atoms with Crippen molar-refractivity contribution in [2.24, 2.45) is 5.73 Å². The lowest BCUT2D eigenvalue weighted by Gasteiger charge is -2.34. The number of aliphatic hydroxyl groups excluding tert-OH is 1. The van der Waals surface area contributed by atoms with Crippen LogP contribution in [-0.2, 0) is 17.8 Å². The number of nitrogens with two attached hydrogens (primary N) is 1. The number of nitrogens with zero attached hydrogens (tertiary/aromatic N) is 1. The van der Waals surface area contributed by atoms with Crippen LogP contribution in [0, 0.1) is 5.82 Å². The number of halogens is 1. The lowest BCUT2D eigenvalue weighted by atomic mass is 10.1. The highest BCUT2D eigenvalue weighted by molar-refractivity contribution is 5.24. The van der Waals surface area contributed by atoms with E-state index < -0.39 is 0 Å². The normalized spacial score (nSPS) is 21.2. The summed E-state index contributed by atoms with van der Waals surface area (Å²) in [5.41, 5.74) is 7.21. The summed E-state index contributed by atoms with van der Waals surface area (Å²) in [6.45, 7) is 2.92. The molecule has 1 aliphatic rings. The molecule has 1 fully saturated rings. The molecule has 0 bridgehead atoms. The first-order valence-corrected chi connectivity index (χ1v) is 6.14. The molecule has 1 saturated heterocycles. The first-order chi connectivity index (χ1) is 8.72. The Bertz CT molecular complexity index is 401. The molecule has 0 aliphatic carbocycles. The summed E-state index contributed by atoms with van der Waals surface area (Å²) in [6, 6.07) is 4.87. The molecule has 1 heterocycles. The van der Waals surface area contributed by atoms with E-state index in [4.69, 9.17) is 10.5 Å². The SMILES string of the molecule is NCc1cc(F)cc(CN2CCOCC2CO)c1. The first-order valence-electron chi connectivity index (χ1n) is 6.14. The van der Waals surface area contributed by atoms with Crippen LogP contribution in [0.2, 0.25) is 0 Å². The van der Waals surface area contributed by atoms with Crippen molar-refractivity contribution in [3.8, 4) is 0 Å². The maximum atomic E-state index is 13.4. The molecule has 100 valence electrons. The highest BCUT2D eigenvalue weighted by Gasteiger charge is 2.22. The van der Waals surface area contributed by atoms with E-state index >= 15 is 0 Å². The molecule has 1 aromatic carbocycles. The zero-order valence-corrected chi connectivity index (χ0v) is 10.3. The Morgan fingerprint density at radius 3 is 2.89 bits per heavy atom. The van der Waals surface area contributed by atoms with Gasteiger partial charge in [0.2, 0.25) is 0 Å². The van der Waals surface area contributed by atoms with Crippen molar-refractivity contribution < 1.29 is 14.2 Å². The molecule has 1 aromatic rings. The zero-order chi connectivity index (χ0) is 13.0. The molecule has 0 aromatic heterocycles. The zero-order valence-electron chi connectivity index (χ0n) is 10.3. The Morgan fingerprint density at radius 2 is 2.17 bits per heavy atom. The summed E-state index contributed by atoms with van der Waals surface area (Å²) < 4.78 is 18.7. The van der Waals surface area contributed by atoms with Gasteiger partial charge in [-0.1, -0.05) is 6.07 Å². The van der Waals surface area contributed by atoms with Crippen LogP contribution in [0.15, 0.2) is 18.2 Å². The molecule has 5 heteroatoms. The van der Waals surface area contributed by atoms with Gasteiger partial charge in [-0.15, -0.1) is 0 Å². The number of hydrogen-bond donors (Lipinski definition) is 2. The molecule has 4 nitrogen and oxygen atoms in total. The fourth-order valence-corrected chi connectivity index (χ4v) is 2.23. The Morgan fingerprint density at radius 1 is 1.39 bits per heavy atom. The highest BCUT2D eigenvalue weighted by atomic mass is 19.1. The molecule has 0 amide bonds. The topological polar surface area (TPSA) is 58.7 Å². The molecule has 1 atom stereocenters. The number of rotatable bonds is 4. The van der Waals surface area contributed by atoms with Gasteiger partial charge in [-0.2, -0.15) is 0 Å².